The van der Waals surface area contributed by atoms with Gasteiger partial charge < -0.3 is 20.3 Å². The highest BCUT2D eigenvalue weighted by atomic mass is 16.6. The first-order chi connectivity index (χ1) is 11.0. The standard InChI is InChI=1S/C17H25N3O3/c1-13(2)19-16(21)18-12-14-8-10-20(11-9-14)17(22)23-15-6-4-3-5-7-15/h3-7,13-14H,8-12H2,1-2H3,(H2,18,19,21). The number of hydrogen-bond acceptors (Lipinski definition) is 3. The van der Waals surface area contributed by atoms with Crippen molar-refractivity contribution >= 4 is 12.1 Å². The van der Waals surface area contributed by atoms with E-state index in [1.807, 2.05) is 32.0 Å². The second-order valence-electron chi connectivity index (χ2n) is 6.12. The van der Waals surface area contributed by atoms with E-state index in [1.54, 1.807) is 17.0 Å². The molecule has 0 aliphatic carbocycles. The van der Waals surface area contributed by atoms with Crippen LogP contribution < -0.4 is 15.4 Å². The minimum atomic E-state index is -0.305. The first-order valence-electron chi connectivity index (χ1n) is 8.10. The average Bonchev–Trinajstić information content (AvgIpc) is 2.54. The lowest BCUT2D eigenvalue weighted by molar-refractivity contribution is 0.130. The molecule has 0 saturated carbocycles. The predicted molar refractivity (Wildman–Crippen MR) is 88.4 cm³/mol. The Morgan fingerprint density at radius 2 is 1.87 bits per heavy atom. The van der Waals surface area contributed by atoms with Gasteiger partial charge in [0.15, 0.2) is 0 Å². The molecule has 2 N–H and O–H groups in total. The molecule has 0 atom stereocenters. The van der Waals surface area contributed by atoms with Crippen LogP contribution in [0.2, 0.25) is 0 Å². The van der Waals surface area contributed by atoms with Crippen LogP contribution in [0.25, 0.3) is 0 Å². The van der Waals surface area contributed by atoms with Crippen molar-refractivity contribution in [3.63, 3.8) is 0 Å². The minimum absolute atomic E-state index is 0.129. The van der Waals surface area contributed by atoms with Crippen molar-refractivity contribution in [1.82, 2.24) is 15.5 Å². The van der Waals surface area contributed by atoms with E-state index in [-0.39, 0.29) is 18.2 Å². The summed E-state index contributed by atoms with van der Waals surface area (Å²) in [5, 5.41) is 5.68. The lowest BCUT2D eigenvalue weighted by atomic mass is 9.97. The van der Waals surface area contributed by atoms with Gasteiger partial charge in [0.25, 0.3) is 0 Å². The summed E-state index contributed by atoms with van der Waals surface area (Å²) >= 11 is 0. The summed E-state index contributed by atoms with van der Waals surface area (Å²) in [5.41, 5.74) is 0. The number of benzene rings is 1. The summed E-state index contributed by atoms with van der Waals surface area (Å²) in [4.78, 5) is 25.4. The van der Waals surface area contributed by atoms with Crippen LogP contribution in [-0.2, 0) is 0 Å². The minimum Gasteiger partial charge on any atom is -0.410 e. The summed E-state index contributed by atoms with van der Waals surface area (Å²) in [6.07, 6.45) is 1.43. The Morgan fingerprint density at radius 3 is 2.48 bits per heavy atom. The fraction of sp³-hybridized carbons (Fsp3) is 0.529. The summed E-state index contributed by atoms with van der Waals surface area (Å²) in [6, 6.07) is 9.08. The van der Waals surface area contributed by atoms with Crippen LogP contribution in [0.15, 0.2) is 30.3 Å². The van der Waals surface area contributed by atoms with Crippen molar-refractivity contribution in [3.8, 4) is 5.75 Å². The van der Waals surface area contributed by atoms with Gasteiger partial charge in [-0.25, -0.2) is 9.59 Å². The maximum absolute atomic E-state index is 12.1. The third-order valence-electron chi connectivity index (χ3n) is 3.79. The van der Waals surface area contributed by atoms with Crippen LogP contribution in [0.1, 0.15) is 26.7 Å². The van der Waals surface area contributed by atoms with Crippen molar-refractivity contribution in [1.29, 1.82) is 0 Å². The maximum Gasteiger partial charge on any atom is 0.415 e. The Kier molecular flexibility index (Phi) is 6.26. The number of nitrogens with zero attached hydrogens (tertiary/aromatic N) is 1. The quantitative estimate of drug-likeness (QED) is 0.896. The van der Waals surface area contributed by atoms with Crippen molar-refractivity contribution in [2.75, 3.05) is 19.6 Å². The van der Waals surface area contributed by atoms with Crippen molar-refractivity contribution in [2.24, 2.45) is 5.92 Å². The molecule has 23 heavy (non-hydrogen) atoms. The summed E-state index contributed by atoms with van der Waals surface area (Å²) in [6.45, 7) is 5.81. The van der Waals surface area contributed by atoms with E-state index < -0.39 is 0 Å². The molecule has 126 valence electrons. The molecule has 6 nitrogen and oxygen atoms in total. The van der Waals surface area contributed by atoms with E-state index in [4.69, 9.17) is 4.74 Å². The molecule has 1 aromatic carbocycles. The molecule has 0 aromatic heterocycles. The van der Waals surface area contributed by atoms with Crippen molar-refractivity contribution in [2.45, 2.75) is 32.7 Å². The van der Waals surface area contributed by atoms with Crippen LogP contribution in [-0.4, -0.2) is 42.7 Å². The monoisotopic (exact) mass is 319 g/mol. The lowest BCUT2D eigenvalue weighted by Gasteiger charge is -2.31. The van der Waals surface area contributed by atoms with Crippen LogP contribution in [0.5, 0.6) is 5.75 Å². The molecule has 0 unspecified atom stereocenters. The largest absolute Gasteiger partial charge is 0.415 e. The fourth-order valence-electron chi connectivity index (χ4n) is 2.52. The molecule has 1 saturated heterocycles. The van der Waals surface area contributed by atoms with Gasteiger partial charge >= 0.3 is 12.1 Å². The number of carbonyl (C=O) groups excluding carboxylic acids is 2. The summed E-state index contributed by atoms with van der Waals surface area (Å²) < 4.78 is 5.34. The number of ether oxygens (including phenoxy) is 1. The van der Waals surface area contributed by atoms with Crippen LogP contribution in [0.3, 0.4) is 0 Å². The van der Waals surface area contributed by atoms with Crippen LogP contribution in [0.4, 0.5) is 9.59 Å². The first kappa shape index (κ1) is 17.1. The molecule has 1 aliphatic rings. The van der Waals surface area contributed by atoms with Gasteiger partial charge in [-0.05, 0) is 44.7 Å². The molecule has 3 amide bonds. The molecule has 1 aromatic rings. The Bertz CT molecular complexity index is 511. The van der Waals surface area contributed by atoms with Gasteiger partial charge in [0.1, 0.15) is 5.75 Å². The van der Waals surface area contributed by atoms with E-state index in [0.29, 0.717) is 31.3 Å². The second kappa shape index (κ2) is 8.41. The van der Waals surface area contributed by atoms with E-state index in [0.717, 1.165) is 12.8 Å². The third-order valence-corrected chi connectivity index (χ3v) is 3.79. The topological polar surface area (TPSA) is 70.7 Å². The third kappa shape index (κ3) is 5.81. The number of nitrogens with one attached hydrogen (secondary N) is 2. The average molecular weight is 319 g/mol. The zero-order valence-electron chi connectivity index (χ0n) is 13.7. The number of amides is 3. The molecule has 1 heterocycles. The maximum atomic E-state index is 12.1. The summed E-state index contributed by atoms with van der Waals surface area (Å²) in [7, 11) is 0. The molecule has 1 aliphatic heterocycles. The highest BCUT2D eigenvalue weighted by Crippen LogP contribution is 2.18. The van der Waals surface area contributed by atoms with Gasteiger partial charge in [-0.2, -0.15) is 0 Å². The smallest absolute Gasteiger partial charge is 0.410 e. The number of rotatable bonds is 4. The number of hydrogen-bond donors (Lipinski definition) is 2. The van der Waals surface area contributed by atoms with Gasteiger partial charge in [0, 0.05) is 25.7 Å². The second-order valence-corrected chi connectivity index (χ2v) is 6.12. The zero-order valence-corrected chi connectivity index (χ0v) is 13.7. The Labute approximate surface area is 137 Å². The zero-order chi connectivity index (χ0) is 16.7. The molecule has 0 bridgehead atoms. The predicted octanol–water partition coefficient (Wildman–Crippen LogP) is 2.61. The van der Waals surface area contributed by atoms with Gasteiger partial charge in [0.05, 0.1) is 0 Å². The van der Waals surface area contributed by atoms with Crippen LogP contribution >= 0.6 is 0 Å². The van der Waals surface area contributed by atoms with E-state index in [2.05, 4.69) is 10.6 Å². The van der Waals surface area contributed by atoms with Gasteiger partial charge in [-0.1, -0.05) is 18.2 Å². The van der Waals surface area contributed by atoms with Gasteiger partial charge in [-0.15, -0.1) is 0 Å². The van der Waals surface area contributed by atoms with Gasteiger partial charge in [-0.3, -0.25) is 0 Å². The normalized spacial score (nSPS) is 15.3. The Morgan fingerprint density at radius 1 is 1.22 bits per heavy atom. The van der Waals surface area contributed by atoms with Crippen LogP contribution in [0, 0.1) is 5.92 Å². The van der Waals surface area contributed by atoms with E-state index in [9.17, 15) is 9.59 Å². The van der Waals surface area contributed by atoms with Crippen molar-refractivity contribution in [3.05, 3.63) is 30.3 Å². The number of urea groups is 1. The van der Waals surface area contributed by atoms with E-state index in [1.165, 1.54) is 0 Å². The molecular weight excluding hydrogens is 294 g/mol. The fourth-order valence-corrected chi connectivity index (χ4v) is 2.52. The Hall–Kier alpha value is -2.24. The summed E-state index contributed by atoms with van der Waals surface area (Å²) in [5.74, 6) is 0.959. The first-order valence-corrected chi connectivity index (χ1v) is 8.10. The van der Waals surface area contributed by atoms with Gasteiger partial charge in [0.2, 0.25) is 0 Å². The SMILES string of the molecule is CC(C)NC(=O)NCC1CCN(C(=O)Oc2ccccc2)CC1. The molecule has 1 fully saturated rings. The highest BCUT2D eigenvalue weighted by Gasteiger charge is 2.24. The molecular formula is C17H25N3O3. The Balaban J connectivity index is 1.69. The van der Waals surface area contributed by atoms with E-state index >= 15 is 0 Å². The van der Waals surface area contributed by atoms with Crippen molar-refractivity contribution < 1.29 is 14.3 Å². The number of para-hydroxylation sites is 1. The highest BCUT2D eigenvalue weighted by molar-refractivity contribution is 5.74. The number of piperidine rings is 1. The molecule has 6 heteroatoms. The molecule has 2 rings (SSSR count). The molecule has 0 radical (unpaired) electrons. The molecule has 0 spiro atoms. The lowest BCUT2D eigenvalue weighted by Crippen LogP contribution is -2.45. The number of likely N-dealkylation sites (tertiary alicyclic amines) is 1. The number of carbonyl (C=O) groups is 2.